The van der Waals surface area contributed by atoms with E-state index in [1.807, 2.05) is 6.92 Å². The summed E-state index contributed by atoms with van der Waals surface area (Å²) >= 11 is 12.0. The van der Waals surface area contributed by atoms with Gasteiger partial charge in [-0.1, -0.05) is 23.2 Å². The van der Waals surface area contributed by atoms with Gasteiger partial charge < -0.3 is 5.11 Å². The summed E-state index contributed by atoms with van der Waals surface area (Å²) in [5.74, 6) is -1.01. The van der Waals surface area contributed by atoms with Crippen LogP contribution >= 0.6 is 23.2 Å². The summed E-state index contributed by atoms with van der Waals surface area (Å²) in [4.78, 5) is 11.2. The summed E-state index contributed by atoms with van der Waals surface area (Å²) in [7, 11) is 0. The lowest BCUT2D eigenvalue weighted by Crippen LogP contribution is -2.43. The third-order valence-electron chi connectivity index (χ3n) is 2.81. The first-order valence-electron chi connectivity index (χ1n) is 5.69. The maximum Gasteiger partial charge on any atom is 0.355 e. The molecule has 1 aromatic carbocycles. The van der Waals surface area contributed by atoms with Gasteiger partial charge in [-0.2, -0.15) is 0 Å². The molecule has 0 bridgehead atoms. The van der Waals surface area contributed by atoms with Gasteiger partial charge in [-0.15, -0.1) is 5.12 Å². The monoisotopic (exact) mass is 301 g/mol. The Morgan fingerprint density at radius 2 is 2.11 bits per heavy atom. The summed E-state index contributed by atoms with van der Waals surface area (Å²) in [6.07, 6.45) is 0. The van der Waals surface area contributed by atoms with E-state index in [0.29, 0.717) is 28.0 Å². The molecular weight excluding hydrogens is 289 g/mol. The molecule has 1 aromatic rings. The van der Waals surface area contributed by atoms with Gasteiger partial charge in [-0.3, -0.25) is 10.4 Å². The zero-order valence-electron chi connectivity index (χ0n) is 10.4. The van der Waals surface area contributed by atoms with Gasteiger partial charge in [-0.25, -0.2) is 4.79 Å². The van der Waals surface area contributed by atoms with E-state index in [9.17, 15) is 4.79 Å². The lowest BCUT2D eigenvalue weighted by molar-refractivity contribution is -0.133. The van der Waals surface area contributed by atoms with Gasteiger partial charge in [0, 0.05) is 11.6 Å². The van der Waals surface area contributed by atoms with Gasteiger partial charge in [0.1, 0.15) is 0 Å². The number of hydrogen-bond donors (Lipinski definition) is 2. The lowest BCUT2D eigenvalue weighted by Gasteiger charge is -2.30. The third kappa shape index (κ3) is 2.49. The van der Waals surface area contributed by atoms with E-state index in [1.165, 1.54) is 0 Å². The van der Waals surface area contributed by atoms with Gasteiger partial charge in [0.25, 0.3) is 0 Å². The Morgan fingerprint density at radius 3 is 2.63 bits per heavy atom. The van der Waals surface area contributed by atoms with Crippen molar-refractivity contribution in [3.8, 4) is 0 Å². The number of anilines is 1. The molecule has 0 aliphatic carbocycles. The van der Waals surface area contributed by atoms with Gasteiger partial charge in [0.15, 0.2) is 5.70 Å². The summed E-state index contributed by atoms with van der Waals surface area (Å²) in [6, 6.07) is 5.09. The van der Waals surface area contributed by atoms with Crippen molar-refractivity contribution in [3.63, 3.8) is 0 Å². The molecule has 1 aliphatic heterocycles. The second kappa shape index (κ2) is 5.28. The van der Waals surface area contributed by atoms with Gasteiger partial charge in [-0.05, 0) is 32.0 Å². The molecule has 0 spiro atoms. The lowest BCUT2D eigenvalue weighted by atomic mass is 10.2. The minimum absolute atomic E-state index is 0.132. The van der Waals surface area contributed by atoms with E-state index in [2.05, 4.69) is 5.43 Å². The average molecular weight is 302 g/mol. The minimum atomic E-state index is -1.01. The molecule has 2 rings (SSSR count). The van der Waals surface area contributed by atoms with E-state index < -0.39 is 5.97 Å². The van der Waals surface area contributed by atoms with Crippen LogP contribution in [0.5, 0.6) is 0 Å². The van der Waals surface area contributed by atoms with Crippen LogP contribution in [0, 0.1) is 0 Å². The highest BCUT2D eigenvalue weighted by Crippen LogP contribution is 2.34. The fourth-order valence-electron chi connectivity index (χ4n) is 1.93. The molecule has 0 saturated heterocycles. The first-order chi connectivity index (χ1) is 8.95. The van der Waals surface area contributed by atoms with Crippen molar-refractivity contribution in [1.29, 1.82) is 0 Å². The highest BCUT2D eigenvalue weighted by Gasteiger charge is 2.31. The maximum absolute atomic E-state index is 11.2. The van der Waals surface area contributed by atoms with Crippen LogP contribution in [0.1, 0.15) is 13.8 Å². The SMILES string of the molecule is CCN1NC(C(=O)O)=C(C)N1c1ccc(Cl)cc1Cl. The first kappa shape index (κ1) is 14.0. The van der Waals surface area contributed by atoms with Gasteiger partial charge >= 0.3 is 5.97 Å². The molecule has 1 heterocycles. The molecule has 0 aromatic heterocycles. The molecule has 5 nitrogen and oxygen atoms in total. The molecule has 0 atom stereocenters. The van der Waals surface area contributed by atoms with Crippen molar-refractivity contribution in [3.05, 3.63) is 39.6 Å². The molecule has 0 unspecified atom stereocenters. The fraction of sp³-hybridized carbons (Fsp3) is 0.250. The number of carboxylic acid groups (broad SMARTS) is 1. The summed E-state index contributed by atoms with van der Waals surface area (Å²) in [6.45, 7) is 4.20. The number of halogens is 2. The second-order valence-corrected chi connectivity index (χ2v) is 4.84. The van der Waals surface area contributed by atoms with Crippen LogP contribution < -0.4 is 10.4 Å². The van der Waals surface area contributed by atoms with Crippen molar-refractivity contribution < 1.29 is 9.90 Å². The van der Waals surface area contributed by atoms with Crippen molar-refractivity contribution in [2.45, 2.75) is 13.8 Å². The normalized spacial score (nSPS) is 15.9. The van der Waals surface area contributed by atoms with E-state index in [-0.39, 0.29) is 5.70 Å². The van der Waals surface area contributed by atoms with Gasteiger partial charge in [0.05, 0.1) is 16.4 Å². The van der Waals surface area contributed by atoms with Crippen molar-refractivity contribution >= 4 is 34.9 Å². The molecular formula is C12H13Cl2N3O2. The topological polar surface area (TPSA) is 55.8 Å². The molecule has 0 amide bonds. The summed E-state index contributed by atoms with van der Waals surface area (Å²) in [5.41, 5.74) is 4.20. The highest BCUT2D eigenvalue weighted by atomic mass is 35.5. The van der Waals surface area contributed by atoms with Crippen LogP contribution in [0.3, 0.4) is 0 Å². The molecule has 0 radical (unpaired) electrons. The van der Waals surface area contributed by atoms with Crippen LogP contribution in [0.25, 0.3) is 0 Å². The molecule has 0 saturated carbocycles. The number of hydrogen-bond acceptors (Lipinski definition) is 4. The number of aliphatic carboxylic acids is 1. The van der Waals surface area contributed by atoms with Crippen molar-refractivity contribution in [2.24, 2.45) is 0 Å². The Labute approximate surface area is 120 Å². The largest absolute Gasteiger partial charge is 0.476 e. The van der Waals surface area contributed by atoms with Gasteiger partial charge in [0.2, 0.25) is 0 Å². The third-order valence-corrected chi connectivity index (χ3v) is 3.35. The second-order valence-electron chi connectivity index (χ2n) is 4.00. The number of carboxylic acids is 1. The number of benzene rings is 1. The standard InChI is InChI=1S/C12H13Cl2N3O2/c1-3-16-15-11(12(18)19)7(2)17(16)10-5-4-8(13)6-9(10)14/h4-6,15H,3H2,1-2H3,(H,18,19). The Bertz CT molecular complexity index is 560. The number of hydrazine groups is 2. The Hall–Kier alpha value is -1.43. The van der Waals surface area contributed by atoms with E-state index in [1.54, 1.807) is 35.2 Å². The highest BCUT2D eigenvalue weighted by molar-refractivity contribution is 6.36. The number of nitrogens with zero attached hydrogens (tertiary/aromatic N) is 2. The molecule has 19 heavy (non-hydrogen) atoms. The van der Waals surface area contributed by atoms with Crippen LogP contribution in [-0.4, -0.2) is 22.7 Å². The van der Waals surface area contributed by atoms with Crippen molar-refractivity contribution in [1.82, 2.24) is 10.5 Å². The maximum atomic E-state index is 11.2. The quantitative estimate of drug-likeness (QED) is 0.899. The first-order valence-corrected chi connectivity index (χ1v) is 6.44. The molecule has 7 heteroatoms. The van der Waals surface area contributed by atoms with Crippen LogP contribution in [0.2, 0.25) is 10.0 Å². The molecule has 102 valence electrons. The molecule has 2 N–H and O–H groups in total. The van der Waals surface area contributed by atoms with E-state index in [0.717, 1.165) is 0 Å². The van der Waals surface area contributed by atoms with Crippen LogP contribution in [0.15, 0.2) is 29.6 Å². The predicted octanol–water partition coefficient (Wildman–Crippen LogP) is 2.87. The van der Waals surface area contributed by atoms with Crippen LogP contribution in [-0.2, 0) is 4.79 Å². The zero-order chi connectivity index (χ0) is 14.2. The van der Waals surface area contributed by atoms with Crippen LogP contribution in [0.4, 0.5) is 5.69 Å². The predicted molar refractivity (Wildman–Crippen MR) is 74.8 cm³/mol. The molecule has 1 aliphatic rings. The smallest absolute Gasteiger partial charge is 0.355 e. The van der Waals surface area contributed by atoms with E-state index >= 15 is 0 Å². The number of nitrogens with one attached hydrogen (secondary N) is 1. The van der Waals surface area contributed by atoms with E-state index in [4.69, 9.17) is 28.3 Å². The average Bonchev–Trinajstić information content (AvgIpc) is 2.67. The molecule has 0 fully saturated rings. The Morgan fingerprint density at radius 1 is 1.42 bits per heavy atom. The van der Waals surface area contributed by atoms with Crippen molar-refractivity contribution in [2.75, 3.05) is 11.6 Å². The number of allylic oxidation sites excluding steroid dienone is 1. The zero-order valence-corrected chi connectivity index (χ0v) is 12.0. The Balaban J connectivity index is 2.49. The Kier molecular flexibility index (Phi) is 3.89. The number of rotatable bonds is 3. The fourth-order valence-corrected chi connectivity index (χ4v) is 2.42. The summed E-state index contributed by atoms with van der Waals surface area (Å²) < 4.78 is 0. The minimum Gasteiger partial charge on any atom is -0.476 e. The number of carbonyl (C=O) groups is 1. The summed E-state index contributed by atoms with van der Waals surface area (Å²) in [5, 5.41) is 13.5.